The van der Waals surface area contributed by atoms with Gasteiger partial charge >= 0.3 is 0 Å². The zero-order valence-electron chi connectivity index (χ0n) is 9.50. The maximum Gasteiger partial charge on any atom is 0.214 e. The minimum absolute atomic E-state index is 0.404. The lowest BCUT2D eigenvalue weighted by atomic mass is 10.1. The number of aliphatic imine (C=N–C) groups is 2. The van der Waals surface area contributed by atoms with E-state index in [4.69, 9.17) is 5.73 Å². The topological polar surface area (TPSA) is 50.7 Å². The highest BCUT2D eigenvalue weighted by Gasteiger charge is 1.89. The van der Waals surface area contributed by atoms with Gasteiger partial charge in [-0.15, -0.1) is 0 Å². The summed E-state index contributed by atoms with van der Waals surface area (Å²) in [5, 5.41) is 0. The van der Waals surface area contributed by atoms with E-state index in [2.05, 4.69) is 16.9 Å². The fourth-order valence-corrected chi connectivity index (χ4v) is 1.26. The van der Waals surface area contributed by atoms with Crippen molar-refractivity contribution >= 4 is 12.2 Å². The Bertz CT molecular complexity index is 173. The van der Waals surface area contributed by atoms with Crippen LogP contribution >= 0.6 is 0 Å². The fraction of sp³-hybridized carbons (Fsp3) is 0.818. The van der Waals surface area contributed by atoms with Crippen molar-refractivity contribution in [2.24, 2.45) is 15.7 Å². The van der Waals surface area contributed by atoms with Gasteiger partial charge in [0.25, 0.3) is 0 Å². The van der Waals surface area contributed by atoms with Gasteiger partial charge in [-0.2, -0.15) is 0 Å². The number of hydrogen-bond donors (Lipinski definition) is 1. The first-order valence-corrected chi connectivity index (χ1v) is 5.59. The van der Waals surface area contributed by atoms with Crippen LogP contribution in [0.4, 0.5) is 0 Å². The summed E-state index contributed by atoms with van der Waals surface area (Å²) in [5.41, 5.74) is 5.50. The Morgan fingerprint density at radius 3 is 2.43 bits per heavy atom. The highest BCUT2D eigenvalue weighted by Crippen LogP contribution is 2.04. The van der Waals surface area contributed by atoms with Gasteiger partial charge in [0.05, 0.1) is 0 Å². The molecule has 0 spiro atoms. The van der Waals surface area contributed by atoms with E-state index >= 15 is 0 Å². The van der Waals surface area contributed by atoms with E-state index in [1.807, 2.05) is 6.92 Å². The standard InChI is InChI=1S/C11H23N3/c1-3-5-6-7-8-9-10-14-11(12)13-4-2/h4H,3,5-10H2,1-2H3,(H2,12,14). The average Bonchev–Trinajstić information content (AvgIpc) is 2.17. The van der Waals surface area contributed by atoms with Crippen LogP contribution in [0.5, 0.6) is 0 Å². The van der Waals surface area contributed by atoms with Crippen molar-refractivity contribution in [2.45, 2.75) is 52.4 Å². The molecule has 0 atom stereocenters. The summed E-state index contributed by atoms with van der Waals surface area (Å²) < 4.78 is 0. The number of nitrogens with zero attached hydrogens (tertiary/aromatic N) is 2. The molecule has 0 aliphatic heterocycles. The number of guanidine groups is 1. The van der Waals surface area contributed by atoms with Crippen LogP contribution in [0.1, 0.15) is 52.4 Å². The molecule has 3 heteroatoms. The van der Waals surface area contributed by atoms with E-state index in [-0.39, 0.29) is 0 Å². The molecule has 0 aliphatic rings. The summed E-state index contributed by atoms with van der Waals surface area (Å²) >= 11 is 0. The van der Waals surface area contributed by atoms with Crippen molar-refractivity contribution in [1.82, 2.24) is 0 Å². The first kappa shape index (κ1) is 13.1. The second kappa shape index (κ2) is 10.2. The zero-order chi connectivity index (χ0) is 10.6. The Hall–Kier alpha value is -0.860. The van der Waals surface area contributed by atoms with Crippen LogP contribution in [0.3, 0.4) is 0 Å². The van der Waals surface area contributed by atoms with Crippen molar-refractivity contribution in [3.8, 4) is 0 Å². The molecule has 0 aromatic carbocycles. The fourth-order valence-electron chi connectivity index (χ4n) is 1.26. The van der Waals surface area contributed by atoms with Gasteiger partial charge in [-0.1, -0.05) is 39.0 Å². The lowest BCUT2D eigenvalue weighted by Gasteiger charge is -1.98. The van der Waals surface area contributed by atoms with Crippen LogP contribution in [0, 0.1) is 0 Å². The Labute approximate surface area is 87.5 Å². The second-order valence-electron chi connectivity index (χ2n) is 3.39. The van der Waals surface area contributed by atoms with Crippen LogP contribution in [0.2, 0.25) is 0 Å². The first-order chi connectivity index (χ1) is 6.81. The molecule has 0 bridgehead atoms. The van der Waals surface area contributed by atoms with E-state index in [1.54, 1.807) is 6.21 Å². The predicted molar refractivity (Wildman–Crippen MR) is 64.0 cm³/mol. The smallest absolute Gasteiger partial charge is 0.214 e. The van der Waals surface area contributed by atoms with E-state index in [9.17, 15) is 0 Å². The lowest BCUT2D eigenvalue weighted by Crippen LogP contribution is -2.08. The molecule has 82 valence electrons. The number of unbranched alkanes of at least 4 members (excludes halogenated alkanes) is 5. The van der Waals surface area contributed by atoms with Crippen molar-refractivity contribution in [3.05, 3.63) is 0 Å². The monoisotopic (exact) mass is 197 g/mol. The molecule has 0 radical (unpaired) electrons. The Kier molecular flexibility index (Phi) is 9.59. The van der Waals surface area contributed by atoms with Crippen LogP contribution in [0.15, 0.2) is 9.98 Å². The molecule has 0 saturated carbocycles. The number of hydrogen-bond acceptors (Lipinski definition) is 1. The summed E-state index contributed by atoms with van der Waals surface area (Å²) in [6.45, 7) is 4.89. The molecule has 0 amide bonds. The van der Waals surface area contributed by atoms with Gasteiger partial charge in [-0.05, 0) is 13.3 Å². The van der Waals surface area contributed by atoms with Crippen LogP contribution in [0.25, 0.3) is 0 Å². The van der Waals surface area contributed by atoms with Gasteiger partial charge in [-0.3, -0.25) is 4.99 Å². The third kappa shape index (κ3) is 9.23. The lowest BCUT2D eigenvalue weighted by molar-refractivity contribution is 0.612. The first-order valence-electron chi connectivity index (χ1n) is 5.59. The Morgan fingerprint density at radius 1 is 1.14 bits per heavy atom. The largest absolute Gasteiger partial charge is 0.368 e. The highest BCUT2D eigenvalue weighted by molar-refractivity contribution is 5.85. The molecule has 0 unspecified atom stereocenters. The Morgan fingerprint density at radius 2 is 1.79 bits per heavy atom. The van der Waals surface area contributed by atoms with Gasteiger partial charge in [0.1, 0.15) is 0 Å². The van der Waals surface area contributed by atoms with Crippen LogP contribution in [-0.4, -0.2) is 18.7 Å². The maximum absolute atomic E-state index is 5.50. The normalized spacial score (nSPS) is 12.6. The molecule has 14 heavy (non-hydrogen) atoms. The van der Waals surface area contributed by atoms with Gasteiger partial charge in [0.15, 0.2) is 0 Å². The minimum Gasteiger partial charge on any atom is -0.368 e. The van der Waals surface area contributed by atoms with Crippen molar-refractivity contribution in [3.63, 3.8) is 0 Å². The second-order valence-corrected chi connectivity index (χ2v) is 3.39. The molecule has 0 saturated heterocycles. The zero-order valence-corrected chi connectivity index (χ0v) is 9.50. The molecule has 0 aromatic rings. The van der Waals surface area contributed by atoms with E-state index < -0.39 is 0 Å². The predicted octanol–water partition coefficient (Wildman–Crippen LogP) is 2.75. The summed E-state index contributed by atoms with van der Waals surface area (Å²) in [5.74, 6) is 0.404. The quantitative estimate of drug-likeness (QED) is 0.381. The van der Waals surface area contributed by atoms with E-state index in [1.165, 1.54) is 32.1 Å². The molecule has 0 rings (SSSR count). The summed E-state index contributed by atoms with van der Waals surface area (Å²) in [6.07, 6.45) is 9.38. The molecule has 0 fully saturated rings. The SMILES string of the molecule is CC=NC(N)=NCCCCCCCC. The van der Waals surface area contributed by atoms with Crippen LogP contribution in [-0.2, 0) is 0 Å². The van der Waals surface area contributed by atoms with Crippen molar-refractivity contribution in [1.29, 1.82) is 0 Å². The Balaban J connectivity index is 3.24. The van der Waals surface area contributed by atoms with Crippen molar-refractivity contribution in [2.75, 3.05) is 6.54 Å². The molecular weight excluding hydrogens is 174 g/mol. The molecule has 0 aromatic heterocycles. The van der Waals surface area contributed by atoms with E-state index in [0.29, 0.717) is 5.96 Å². The number of nitrogens with two attached hydrogens (primary N) is 1. The molecular formula is C11H23N3. The summed E-state index contributed by atoms with van der Waals surface area (Å²) in [4.78, 5) is 8.00. The third-order valence-corrected chi connectivity index (χ3v) is 2.05. The molecule has 2 N–H and O–H groups in total. The van der Waals surface area contributed by atoms with Gasteiger partial charge in [0.2, 0.25) is 5.96 Å². The van der Waals surface area contributed by atoms with E-state index in [0.717, 1.165) is 13.0 Å². The molecule has 0 aliphatic carbocycles. The number of rotatable bonds is 7. The third-order valence-electron chi connectivity index (χ3n) is 2.05. The minimum atomic E-state index is 0.404. The average molecular weight is 197 g/mol. The summed E-state index contributed by atoms with van der Waals surface area (Å²) in [7, 11) is 0. The van der Waals surface area contributed by atoms with Crippen molar-refractivity contribution < 1.29 is 0 Å². The van der Waals surface area contributed by atoms with Gasteiger partial charge in [-0.25, -0.2) is 4.99 Å². The maximum atomic E-state index is 5.50. The van der Waals surface area contributed by atoms with Crippen LogP contribution < -0.4 is 5.73 Å². The summed E-state index contributed by atoms with van der Waals surface area (Å²) in [6, 6.07) is 0. The molecule has 0 heterocycles. The van der Waals surface area contributed by atoms with Gasteiger partial charge < -0.3 is 5.73 Å². The van der Waals surface area contributed by atoms with Gasteiger partial charge in [0, 0.05) is 12.8 Å². The highest BCUT2D eigenvalue weighted by atomic mass is 15.0. The molecule has 3 nitrogen and oxygen atoms in total.